The zero-order valence-corrected chi connectivity index (χ0v) is 18.2. The van der Waals surface area contributed by atoms with Crippen molar-refractivity contribution in [2.75, 3.05) is 11.9 Å². The molecule has 32 heavy (non-hydrogen) atoms. The number of rotatable bonds is 8. The van der Waals surface area contributed by atoms with Gasteiger partial charge in [0, 0.05) is 17.6 Å². The van der Waals surface area contributed by atoms with Crippen molar-refractivity contribution in [3.63, 3.8) is 0 Å². The van der Waals surface area contributed by atoms with Crippen molar-refractivity contribution in [1.82, 2.24) is 9.78 Å². The van der Waals surface area contributed by atoms with E-state index >= 15 is 0 Å². The number of amides is 1. The van der Waals surface area contributed by atoms with Crippen molar-refractivity contribution in [3.8, 4) is 6.07 Å². The fourth-order valence-electron chi connectivity index (χ4n) is 3.13. The van der Waals surface area contributed by atoms with Crippen LogP contribution in [0.1, 0.15) is 42.2 Å². The van der Waals surface area contributed by atoms with Gasteiger partial charge in [0.2, 0.25) is 0 Å². The van der Waals surface area contributed by atoms with Crippen molar-refractivity contribution >= 4 is 39.9 Å². The van der Waals surface area contributed by atoms with E-state index in [0.29, 0.717) is 23.0 Å². The maximum Gasteiger partial charge on any atom is 0.359 e. The third kappa shape index (κ3) is 5.31. The molecule has 0 aliphatic heterocycles. The molecular weight excluding hydrogens is 432 g/mol. The van der Waals surface area contributed by atoms with E-state index in [1.165, 1.54) is 22.9 Å². The van der Waals surface area contributed by atoms with E-state index in [2.05, 4.69) is 17.3 Å². The Hall–Kier alpha value is -3.70. The van der Waals surface area contributed by atoms with E-state index in [1.807, 2.05) is 6.07 Å². The molecule has 0 fully saturated rings. The van der Waals surface area contributed by atoms with Crippen molar-refractivity contribution in [2.45, 2.75) is 32.7 Å². The molecule has 8 nitrogen and oxygen atoms in total. The average molecular weight is 453 g/mol. The lowest BCUT2D eigenvalue weighted by atomic mass is 10.1. The van der Waals surface area contributed by atoms with Crippen LogP contribution in [0.2, 0.25) is 5.02 Å². The molecular formula is C23H21ClN4O4. The molecule has 1 heterocycles. The number of aromatic nitrogens is 2. The first kappa shape index (κ1) is 23.0. The average Bonchev–Trinajstić information content (AvgIpc) is 2.79. The van der Waals surface area contributed by atoms with E-state index in [-0.39, 0.29) is 21.8 Å². The van der Waals surface area contributed by atoms with Crippen LogP contribution in [0.25, 0.3) is 10.8 Å². The van der Waals surface area contributed by atoms with E-state index in [0.717, 1.165) is 19.3 Å². The normalized spacial score (nSPS) is 10.5. The highest BCUT2D eigenvalue weighted by molar-refractivity contribution is 6.32. The van der Waals surface area contributed by atoms with Crippen molar-refractivity contribution in [2.24, 2.45) is 0 Å². The summed E-state index contributed by atoms with van der Waals surface area (Å²) in [5, 5.41) is 16.6. The van der Waals surface area contributed by atoms with Crippen LogP contribution >= 0.6 is 11.6 Å². The Kier molecular flexibility index (Phi) is 7.58. The molecule has 1 N–H and O–H groups in total. The molecule has 164 valence electrons. The molecule has 1 amide bonds. The number of aryl methyl sites for hydroxylation is 1. The maximum atomic E-state index is 12.7. The van der Waals surface area contributed by atoms with Gasteiger partial charge in [0.05, 0.1) is 16.0 Å². The highest BCUT2D eigenvalue weighted by atomic mass is 35.5. The lowest BCUT2D eigenvalue weighted by Gasteiger charge is -2.11. The van der Waals surface area contributed by atoms with Gasteiger partial charge in [0.25, 0.3) is 11.5 Å². The van der Waals surface area contributed by atoms with Crippen molar-refractivity contribution < 1.29 is 14.3 Å². The second kappa shape index (κ2) is 10.6. The van der Waals surface area contributed by atoms with E-state index in [4.69, 9.17) is 21.6 Å². The molecule has 0 saturated heterocycles. The number of esters is 1. The van der Waals surface area contributed by atoms with Gasteiger partial charge in [-0.3, -0.25) is 9.59 Å². The lowest BCUT2D eigenvalue weighted by molar-refractivity contribution is -0.119. The summed E-state index contributed by atoms with van der Waals surface area (Å²) in [5.74, 6) is -1.39. The summed E-state index contributed by atoms with van der Waals surface area (Å²) >= 11 is 5.95. The zero-order valence-electron chi connectivity index (χ0n) is 17.4. The molecule has 2 aromatic carbocycles. The number of fused-ring (bicyclic) bond motifs is 1. The zero-order chi connectivity index (χ0) is 23.1. The number of anilines is 1. The Morgan fingerprint density at radius 3 is 2.62 bits per heavy atom. The van der Waals surface area contributed by atoms with Crippen LogP contribution in [0.5, 0.6) is 0 Å². The van der Waals surface area contributed by atoms with Crippen LogP contribution in [0.4, 0.5) is 5.69 Å². The van der Waals surface area contributed by atoms with Crippen LogP contribution < -0.4 is 10.9 Å². The molecule has 0 aliphatic carbocycles. The van der Waals surface area contributed by atoms with Crippen molar-refractivity contribution in [3.05, 3.63) is 69.1 Å². The SMILES string of the molecule is CCCCCn1nc(C(=O)OCC(=O)Nc2ccc(C#N)c(Cl)c2)c2ccccc2c1=O. The van der Waals surface area contributed by atoms with Gasteiger partial charge in [-0.2, -0.15) is 10.4 Å². The first-order chi connectivity index (χ1) is 15.4. The maximum absolute atomic E-state index is 12.7. The van der Waals surface area contributed by atoms with Crippen LogP contribution in [-0.2, 0) is 16.1 Å². The smallest absolute Gasteiger partial charge is 0.359 e. The van der Waals surface area contributed by atoms with Gasteiger partial charge >= 0.3 is 5.97 Å². The third-order valence-corrected chi connectivity index (χ3v) is 5.05. The third-order valence-electron chi connectivity index (χ3n) is 4.74. The highest BCUT2D eigenvalue weighted by Crippen LogP contribution is 2.20. The molecule has 0 bridgehead atoms. The minimum Gasteiger partial charge on any atom is -0.451 e. The first-order valence-corrected chi connectivity index (χ1v) is 10.5. The van der Waals surface area contributed by atoms with Gasteiger partial charge in [-0.15, -0.1) is 0 Å². The number of halogens is 1. The van der Waals surface area contributed by atoms with E-state index in [9.17, 15) is 14.4 Å². The number of unbranched alkanes of at least 4 members (excludes halogenated alkanes) is 2. The molecule has 1 aromatic heterocycles. The number of nitrogens with zero attached hydrogens (tertiary/aromatic N) is 3. The number of carbonyl (C=O) groups excluding carboxylic acids is 2. The summed E-state index contributed by atoms with van der Waals surface area (Å²) in [4.78, 5) is 37.6. The van der Waals surface area contributed by atoms with Crippen LogP contribution in [-0.4, -0.2) is 28.3 Å². The van der Waals surface area contributed by atoms with Gasteiger partial charge < -0.3 is 10.1 Å². The minimum absolute atomic E-state index is 0.0223. The number of hydrogen-bond acceptors (Lipinski definition) is 6. The fraction of sp³-hybridized carbons (Fsp3) is 0.261. The second-order valence-electron chi connectivity index (χ2n) is 7.06. The number of carbonyl (C=O) groups is 2. The second-order valence-corrected chi connectivity index (χ2v) is 7.47. The quantitative estimate of drug-likeness (QED) is 0.409. The summed E-state index contributed by atoms with van der Waals surface area (Å²) in [6, 6.07) is 13.0. The topological polar surface area (TPSA) is 114 Å². The van der Waals surface area contributed by atoms with Crippen LogP contribution in [0, 0.1) is 11.3 Å². The van der Waals surface area contributed by atoms with Crippen molar-refractivity contribution in [1.29, 1.82) is 5.26 Å². The number of nitrogens with one attached hydrogen (secondary N) is 1. The fourth-order valence-corrected chi connectivity index (χ4v) is 3.35. The Labute approximate surface area is 189 Å². The predicted octanol–water partition coefficient (Wildman–Crippen LogP) is 3.91. The molecule has 0 unspecified atom stereocenters. The molecule has 0 spiro atoms. The van der Waals surface area contributed by atoms with Gasteiger partial charge in [-0.05, 0) is 30.7 Å². The van der Waals surface area contributed by atoms with E-state index in [1.54, 1.807) is 24.3 Å². The number of ether oxygens (including phenoxy) is 1. The molecule has 0 aliphatic rings. The monoisotopic (exact) mass is 452 g/mol. The van der Waals surface area contributed by atoms with Gasteiger partial charge in [-0.25, -0.2) is 9.48 Å². The molecule has 0 atom stereocenters. The standard InChI is InChI=1S/C23H21ClN4O4/c1-2-3-6-11-28-22(30)18-8-5-4-7-17(18)21(27-28)23(31)32-14-20(29)26-16-10-9-15(13-25)19(24)12-16/h4-5,7-10,12H,2-3,6,11,14H2,1H3,(H,26,29). The molecule has 0 saturated carbocycles. The van der Waals surface area contributed by atoms with Gasteiger partial charge in [0.1, 0.15) is 6.07 Å². The first-order valence-electron chi connectivity index (χ1n) is 10.1. The summed E-state index contributed by atoms with van der Waals surface area (Å²) in [6.07, 6.45) is 2.67. The minimum atomic E-state index is -0.807. The Bertz CT molecular complexity index is 1260. The van der Waals surface area contributed by atoms with Gasteiger partial charge in [0.15, 0.2) is 12.3 Å². The van der Waals surface area contributed by atoms with E-state index < -0.39 is 18.5 Å². The Balaban J connectivity index is 1.75. The van der Waals surface area contributed by atoms with Crippen LogP contribution in [0.15, 0.2) is 47.3 Å². The molecule has 3 aromatic rings. The lowest BCUT2D eigenvalue weighted by Crippen LogP contribution is -2.28. The summed E-state index contributed by atoms with van der Waals surface area (Å²) in [6.45, 7) is 1.88. The highest BCUT2D eigenvalue weighted by Gasteiger charge is 2.19. The number of nitriles is 1. The van der Waals surface area contributed by atoms with Crippen LogP contribution in [0.3, 0.4) is 0 Å². The predicted molar refractivity (Wildman–Crippen MR) is 121 cm³/mol. The Morgan fingerprint density at radius 1 is 1.19 bits per heavy atom. The molecule has 3 rings (SSSR count). The summed E-state index contributed by atoms with van der Waals surface area (Å²) in [7, 11) is 0. The Morgan fingerprint density at radius 2 is 1.94 bits per heavy atom. The number of hydrogen-bond donors (Lipinski definition) is 1. The number of benzene rings is 2. The summed E-state index contributed by atoms with van der Waals surface area (Å²) in [5.41, 5.74) is 0.348. The van der Waals surface area contributed by atoms with Gasteiger partial charge in [-0.1, -0.05) is 49.6 Å². The molecule has 9 heteroatoms. The largest absolute Gasteiger partial charge is 0.451 e. The summed E-state index contributed by atoms with van der Waals surface area (Å²) < 4.78 is 6.42. The molecule has 0 radical (unpaired) electrons.